The number of rotatable bonds is 0. The Morgan fingerprint density at radius 3 is 3.38 bits per heavy atom. The summed E-state index contributed by atoms with van der Waals surface area (Å²) in [6.45, 7) is 2.34. The number of hydrogen-bond acceptors (Lipinski definition) is 2. The van der Waals surface area contributed by atoms with Crippen molar-refractivity contribution in [2.45, 2.75) is 18.8 Å². The van der Waals surface area contributed by atoms with Crippen LogP contribution in [0.15, 0.2) is 18.3 Å². The molecule has 2 nitrogen and oxygen atoms in total. The van der Waals surface area contributed by atoms with Crippen molar-refractivity contribution in [3.8, 4) is 0 Å². The van der Waals surface area contributed by atoms with Gasteiger partial charge < -0.3 is 5.32 Å². The highest BCUT2D eigenvalue weighted by molar-refractivity contribution is 5.28. The predicted octanol–water partition coefficient (Wildman–Crippen LogP) is 1.33. The third kappa shape index (κ3) is 1.17. The minimum atomic E-state index is 0.733. The van der Waals surface area contributed by atoms with E-state index < -0.39 is 0 Å². The summed E-state index contributed by atoms with van der Waals surface area (Å²) in [4.78, 5) is 4.47. The zero-order valence-corrected chi connectivity index (χ0v) is 7.66. The van der Waals surface area contributed by atoms with E-state index in [2.05, 4.69) is 22.4 Å². The number of hydrogen-bond donors (Lipinski definition) is 1. The first-order valence-electron chi connectivity index (χ1n) is 5.08. The molecule has 0 spiro atoms. The topological polar surface area (TPSA) is 24.9 Å². The molecule has 0 saturated carbocycles. The van der Waals surface area contributed by atoms with E-state index in [9.17, 15) is 0 Å². The first kappa shape index (κ1) is 7.51. The van der Waals surface area contributed by atoms with E-state index in [1.165, 1.54) is 30.6 Å². The Balaban J connectivity index is 2.06. The van der Waals surface area contributed by atoms with Crippen LogP contribution >= 0.6 is 0 Å². The van der Waals surface area contributed by atoms with Crippen LogP contribution in [0.2, 0.25) is 0 Å². The van der Waals surface area contributed by atoms with E-state index in [-0.39, 0.29) is 0 Å². The standard InChI is InChI=1S/C11H14N2/c1-2-10-9-4-8(6-12-7-9)5-11(10)13-3-1/h1-3,8-9,12H,4-7H2. The molecule has 1 aliphatic heterocycles. The number of piperidine rings is 1. The van der Waals surface area contributed by atoms with Crippen LogP contribution in [0.4, 0.5) is 0 Å². The summed E-state index contributed by atoms with van der Waals surface area (Å²) in [5.74, 6) is 1.57. The van der Waals surface area contributed by atoms with Gasteiger partial charge in [-0.3, -0.25) is 4.98 Å². The maximum absolute atomic E-state index is 4.47. The highest BCUT2D eigenvalue weighted by Crippen LogP contribution is 2.35. The molecule has 0 radical (unpaired) electrons. The molecule has 1 aliphatic carbocycles. The molecule has 13 heavy (non-hydrogen) atoms. The fraction of sp³-hybridized carbons (Fsp3) is 0.545. The lowest BCUT2D eigenvalue weighted by atomic mass is 9.77. The smallest absolute Gasteiger partial charge is 0.0442 e. The van der Waals surface area contributed by atoms with E-state index in [1.807, 2.05) is 6.20 Å². The Kier molecular flexibility index (Phi) is 1.62. The molecule has 1 saturated heterocycles. The van der Waals surface area contributed by atoms with Crippen molar-refractivity contribution in [2.24, 2.45) is 5.92 Å². The van der Waals surface area contributed by atoms with Crippen molar-refractivity contribution in [3.63, 3.8) is 0 Å². The second-order valence-electron chi connectivity index (χ2n) is 4.20. The van der Waals surface area contributed by atoms with Crippen molar-refractivity contribution in [3.05, 3.63) is 29.6 Å². The van der Waals surface area contributed by atoms with E-state index in [0.717, 1.165) is 18.4 Å². The fourth-order valence-electron chi connectivity index (χ4n) is 2.69. The number of aromatic nitrogens is 1. The zero-order valence-electron chi connectivity index (χ0n) is 7.66. The highest BCUT2D eigenvalue weighted by Gasteiger charge is 2.30. The second-order valence-corrected chi connectivity index (χ2v) is 4.20. The highest BCUT2D eigenvalue weighted by atomic mass is 14.9. The maximum atomic E-state index is 4.47. The SMILES string of the molecule is c1cnc2c(c1)C1CNCC(C2)C1. The van der Waals surface area contributed by atoms with E-state index in [4.69, 9.17) is 0 Å². The molecule has 2 atom stereocenters. The monoisotopic (exact) mass is 174 g/mol. The predicted molar refractivity (Wildman–Crippen MR) is 51.7 cm³/mol. The van der Waals surface area contributed by atoms with E-state index in [1.54, 1.807) is 0 Å². The minimum Gasteiger partial charge on any atom is -0.316 e. The van der Waals surface area contributed by atoms with Crippen LogP contribution in [0, 0.1) is 5.92 Å². The molecule has 68 valence electrons. The molecule has 1 aromatic heterocycles. The summed E-state index contributed by atoms with van der Waals surface area (Å²) in [5.41, 5.74) is 2.84. The summed E-state index contributed by atoms with van der Waals surface area (Å²) < 4.78 is 0. The molecule has 2 heterocycles. The summed E-state index contributed by atoms with van der Waals surface area (Å²) in [6, 6.07) is 4.31. The first-order valence-corrected chi connectivity index (χ1v) is 5.08. The zero-order chi connectivity index (χ0) is 8.67. The molecule has 2 bridgehead atoms. The van der Waals surface area contributed by atoms with Crippen LogP contribution in [0.5, 0.6) is 0 Å². The molecule has 2 aliphatic rings. The summed E-state index contributed by atoms with van der Waals surface area (Å²) in [7, 11) is 0. The van der Waals surface area contributed by atoms with Gasteiger partial charge in [0.05, 0.1) is 0 Å². The molecule has 2 unspecified atom stereocenters. The Labute approximate surface area is 78.4 Å². The van der Waals surface area contributed by atoms with Gasteiger partial charge in [0, 0.05) is 18.4 Å². The van der Waals surface area contributed by atoms with Crippen molar-refractivity contribution < 1.29 is 0 Å². The number of nitrogens with zero attached hydrogens (tertiary/aromatic N) is 1. The molecule has 1 aromatic rings. The first-order chi connectivity index (χ1) is 6.43. The minimum absolute atomic E-state index is 0.733. The normalized spacial score (nSPS) is 31.1. The average molecular weight is 174 g/mol. The van der Waals surface area contributed by atoms with Gasteiger partial charge in [0.2, 0.25) is 0 Å². The van der Waals surface area contributed by atoms with Gasteiger partial charge in [-0.25, -0.2) is 0 Å². The summed E-state index contributed by atoms with van der Waals surface area (Å²) in [6.07, 6.45) is 4.47. The van der Waals surface area contributed by atoms with Gasteiger partial charge in [-0.15, -0.1) is 0 Å². The van der Waals surface area contributed by atoms with Gasteiger partial charge >= 0.3 is 0 Å². The van der Waals surface area contributed by atoms with E-state index in [0.29, 0.717) is 0 Å². The van der Waals surface area contributed by atoms with Crippen LogP contribution < -0.4 is 5.32 Å². The lowest BCUT2D eigenvalue weighted by molar-refractivity contribution is 0.314. The van der Waals surface area contributed by atoms with Crippen LogP contribution in [-0.2, 0) is 6.42 Å². The summed E-state index contributed by atoms with van der Waals surface area (Å²) >= 11 is 0. The lowest BCUT2D eigenvalue weighted by Gasteiger charge is -2.35. The quantitative estimate of drug-likeness (QED) is 0.642. The molecule has 0 aromatic carbocycles. The third-order valence-electron chi connectivity index (χ3n) is 3.29. The van der Waals surface area contributed by atoms with Crippen molar-refractivity contribution in [1.82, 2.24) is 10.3 Å². The van der Waals surface area contributed by atoms with Crippen LogP contribution in [-0.4, -0.2) is 18.1 Å². The van der Waals surface area contributed by atoms with Gasteiger partial charge in [0.1, 0.15) is 0 Å². The third-order valence-corrected chi connectivity index (χ3v) is 3.29. The molecule has 1 fully saturated rings. The molecule has 3 rings (SSSR count). The molecule has 2 heteroatoms. The van der Waals surface area contributed by atoms with Crippen LogP contribution in [0.1, 0.15) is 23.6 Å². The van der Waals surface area contributed by atoms with Gasteiger partial charge in [-0.2, -0.15) is 0 Å². The Bertz CT molecular complexity index is 322. The second kappa shape index (κ2) is 2.81. The number of nitrogens with one attached hydrogen (secondary N) is 1. The van der Waals surface area contributed by atoms with Crippen molar-refractivity contribution in [1.29, 1.82) is 0 Å². The van der Waals surface area contributed by atoms with Gasteiger partial charge in [-0.05, 0) is 42.9 Å². The molecular weight excluding hydrogens is 160 g/mol. The van der Waals surface area contributed by atoms with Crippen LogP contribution in [0.25, 0.3) is 0 Å². The van der Waals surface area contributed by atoms with Gasteiger partial charge in [-0.1, -0.05) is 6.07 Å². The number of pyridine rings is 1. The lowest BCUT2D eigenvalue weighted by Crippen LogP contribution is -2.39. The van der Waals surface area contributed by atoms with Gasteiger partial charge in [0.25, 0.3) is 0 Å². The van der Waals surface area contributed by atoms with Crippen LogP contribution in [0.3, 0.4) is 0 Å². The van der Waals surface area contributed by atoms with Gasteiger partial charge in [0.15, 0.2) is 0 Å². The van der Waals surface area contributed by atoms with Crippen molar-refractivity contribution >= 4 is 0 Å². The average Bonchev–Trinajstić information content (AvgIpc) is 2.18. The van der Waals surface area contributed by atoms with Crippen molar-refractivity contribution in [2.75, 3.05) is 13.1 Å². The fourth-order valence-corrected chi connectivity index (χ4v) is 2.69. The Hall–Kier alpha value is -0.890. The molecular formula is C11H14N2. The molecule has 1 N–H and O–H groups in total. The Morgan fingerprint density at radius 2 is 2.38 bits per heavy atom. The van der Waals surface area contributed by atoms with E-state index >= 15 is 0 Å². The molecule has 0 amide bonds. The maximum Gasteiger partial charge on any atom is 0.0442 e. The Morgan fingerprint density at radius 1 is 1.38 bits per heavy atom. The largest absolute Gasteiger partial charge is 0.316 e. The summed E-state index contributed by atoms with van der Waals surface area (Å²) in [5, 5.41) is 3.50. The number of fused-ring (bicyclic) bond motifs is 4.